The molecule has 0 unspecified atom stereocenters. The molecule has 7 heteroatoms. The third-order valence-electron chi connectivity index (χ3n) is 10.5. The number of carbonyl (C=O) groups excluding carboxylic acids is 2. The van der Waals surface area contributed by atoms with E-state index in [0.29, 0.717) is 18.4 Å². The Bertz CT molecular complexity index is 1450. The van der Waals surface area contributed by atoms with E-state index in [1.165, 1.54) is 6.08 Å². The number of nitrogens with one attached hydrogen (secondary N) is 1. The number of fused-ring (bicyclic) bond motifs is 3. The largest absolute Gasteiger partial charge is 0.457 e. The Morgan fingerprint density at radius 1 is 1.26 bits per heavy atom. The van der Waals surface area contributed by atoms with Gasteiger partial charge in [0, 0.05) is 40.4 Å². The highest BCUT2D eigenvalue weighted by Crippen LogP contribution is 2.75. The molecule has 1 aromatic carbocycles. The zero-order valence-electron chi connectivity index (χ0n) is 21.6. The summed E-state index contributed by atoms with van der Waals surface area (Å²) in [4.78, 5) is 30.6. The highest BCUT2D eigenvalue weighted by atomic mass is 16.6. The molecule has 8 rings (SSSR count). The number of hydrogen-bond donors (Lipinski definition) is 3. The number of H-pyrrole nitrogens is 1. The third-order valence-corrected chi connectivity index (χ3v) is 10.5. The van der Waals surface area contributed by atoms with E-state index >= 15 is 0 Å². The number of aromatic nitrogens is 1. The Morgan fingerprint density at radius 2 is 2.08 bits per heavy atom. The first-order valence-corrected chi connectivity index (χ1v) is 13.5. The zero-order valence-corrected chi connectivity index (χ0v) is 21.6. The second-order valence-electron chi connectivity index (χ2n) is 12.6. The van der Waals surface area contributed by atoms with Gasteiger partial charge in [-0.05, 0) is 59.9 Å². The van der Waals surface area contributed by atoms with Gasteiger partial charge in [0.15, 0.2) is 5.78 Å². The van der Waals surface area contributed by atoms with Crippen LogP contribution in [0.2, 0.25) is 0 Å². The Labute approximate surface area is 221 Å². The van der Waals surface area contributed by atoms with E-state index in [1.807, 2.05) is 30.5 Å². The Morgan fingerprint density at radius 3 is 2.89 bits per heavy atom. The van der Waals surface area contributed by atoms with Gasteiger partial charge in [0.25, 0.3) is 0 Å². The van der Waals surface area contributed by atoms with Crippen molar-refractivity contribution in [1.29, 1.82) is 0 Å². The van der Waals surface area contributed by atoms with Gasteiger partial charge in [-0.25, -0.2) is 4.79 Å². The summed E-state index contributed by atoms with van der Waals surface area (Å²) in [6.45, 7) is 8.48. The van der Waals surface area contributed by atoms with Crippen molar-refractivity contribution in [2.45, 2.75) is 51.1 Å². The number of benzene rings is 1. The maximum atomic E-state index is 14.1. The molecule has 5 fully saturated rings. The van der Waals surface area contributed by atoms with Crippen LogP contribution in [0.15, 0.2) is 60.8 Å². The quantitative estimate of drug-likeness (QED) is 0.325. The molecule has 8 atom stereocenters. The van der Waals surface area contributed by atoms with Gasteiger partial charge in [-0.3, -0.25) is 4.79 Å². The van der Waals surface area contributed by atoms with Gasteiger partial charge in [0.2, 0.25) is 5.79 Å². The Hall–Kier alpha value is -3.00. The van der Waals surface area contributed by atoms with Crippen LogP contribution in [0.4, 0.5) is 0 Å². The van der Waals surface area contributed by atoms with Crippen molar-refractivity contribution >= 4 is 28.7 Å². The lowest BCUT2D eigenvalue weighted by molar-refractivity contribution is -0.436. The van der Waals surface area contributed by atoms with Crippen LogP contribution in [0.1, 0.15) is 38.7 Å². The molecule has 1 aromatic heterocycles. The molecule has 7 nitrogen and oxygen atoms in total. The SMILES string of the molecule is C=C1C(=O)[C@]23[C@H](OC(=O)/C=C/c4cccc5[nH]ccc45)[C@H]1CC[C@H]2[C@]12C=CCC(C)(C)[C@H]1[C@H](O)[C@@]3(O)OC2. The summed E-state index contributed by atoms with van der Waals surface area (Å²) >= 11 is 0. The molecule has 2 aliphatic heterocycles. The first kappa shape index (κ1) is 24.1. The molecule has 0 amide bonds. The first-order valence-electron chi connectivity index (χ1n) is 13.5. The summed E-state index contributed by atoms with van der Waals surface area (Å²) in [5.74, 6) is -4.21. The average Bonchev–Trinajstić information content (AvgIpc) is 3.40. The van der Waals surface area contributed by atoms with Crippen LogP contribution in [-0.2, 0) is 19.1 Å². The van der Waals surface area contributed by atoms with Gasteiger partial charge in [-0.1, -0.05) is 44.7 Å². The van der Waals surface area contributed by atoms with Gasteiger partial charge >= 0.3 is 5.97 Å². The van der Waals surface area contributed by atoms with E-state index in [4.69, 9.17) is 9.47 Å². The van der Waals surface area contributed by atoms with Crippen molar-refractivity contribution in [2.75, 3.05) is 6.61 Å². The number of aliphatic hydroxyl groups is 2. The van der Waals surface area contributed by atoms with E-state index < -0.39 is 40.7 Å². The van der Waals surface area contributed by atoms with Crippen molar-refractivity contribution in [3.63, 3.8) is 0 Å². The molecule has 6 aliphatic rings. The topological polar surface area (TPSA) is 109 Å². The number of rotatable bonds is 3. The monoisotopic (exact) mass is 515 g/mol. The van der Waals surface area contributed by atoms with Crippen molar-refractivity contribution < 1.29 is 29.3 Å². The van der Waals surface area contributed by atoms with Crippen LogP contribution in [0, 0.1) is 34.0 Å². The molecule has 4 aliphatic carbocycles. The van der Waals surface area contributed by atoms with Crippen LogP contribution >= 0.6 is 0 Å². The van der Waals surface area contributed by atoms with Crippen LogP contribution in [0.3, 0.4) is 0 Å². The number of aliphatic hydroxyl groups excluding tert-OH is 1. The molecule has 3 N–H and O–H groups in total. The predicted molar refractivity (Wildman–Crippen MR) is 140 cm³/mol. The number of ketones is 1. The summed E-state index contributed by atoms with van der Waals surface area (Å²) in [7, 11) is 0. The zero-order chi connectivity index (χ0) is 26.7. The third kappa shape index (κ3) is 2.65. The lowest BCUT2D eigenvalue weighted by atomic mass is 9.37. The molecular weight excluding hydrogens is 482 g/mol. The van der Waals surface area contributed by atoms with Crippen molar-refractivity contribution in [3.05, 3.63) is 66.4 Å². The number of carbonyl (C=O) groups is 2. The highest BCUT2D eigenvalue weighted by molar-refractivity contribution is 6.05. The normalized spacial score (nSPS) is 42.5. The van der Waals surface area contributed by atoms with E-state index in [9.17, 15) is 19.8 Å². The molecule has 3 saturated carbocycles. The molecule has 2 aromatic rings. The predicted octanol–water partition coefficient (Wildman–Crippen LogP) is 3.93. The number of esters is 1. The molecule has 4 bridgehead atoms. The molecule has 38 heavy (non-hydrogen) atoms. The van der Waals surface area contributed by atoms with Gasteiger partial charge in [-0.15, -0.1) is 0 Å². The summed E-state index contributed by atoms with van der Waals surface area (Å²) in [5, 5.41) is 25.0. The van der Waals surface area contributed by atoms with E-state index in [-0.39, 0.29) is 29.6 Å². The summed E-state index contributed by atoms with van der Waals surface area (Å²) in [5.41, 5.74) is -0.413. The summed E-state index contributed by atoms with van der Waals surface area (Å²) < 4.78 is 12.2. The fraction of sp³-hybridized carbons (Fsp3) is 0.484. The summed E-state index contributed by atoms with van der Waals surface area (Å²) in [6, 6.07) is 7.71. The van der Waals surface area contributed by atoms with Crippen molar-refractivity contribution in [3.8, 4) is 0 Å². The van der Waals surface area contributed by atoms with Crippen LogP contribution in [0.25, 0.3) is 17.0 Å². The van der Waals surface area contributed by atoms with Gasteiger partial charge in [0.05, 0.1) is 6.61 Å². The molecule has 0 radical (unpaired) electrons. The van der Waals surface area contributed by atoms with Crippen LogP contribution in [0.5, 0.6) is 0 Å². The standard InChI is InChI=1S/C31H33NO6/c1-17-19-9-10-22-29-14-5-13-28(2,3)24(29)26(35)31(36,37-16-29)30(22,25(17)34)27(19)38-23(33)11-8-18-6-4-7-21-20(18)12-15-32-21/h4-8,11-12,14-15,19,22,24,26-27,32,35-36H,1,9-10,13,16H2,2-3H3/b11-8+/t19-,22-,24+,26-,27+,29+,30-,31+/m0/s1. The number of hydrogen-bond acceptors (Lipinski definition) is 6. The number of aromatic amines is 1. The minimum Gasteiger partial charge on any atom is -0.457 e. The second kappa shape index (κ2) is 7.56. The van der Waals surface area contributed by atoms with Crippen LogP contribution in [-0.4, -0.2) is 51.6 Å². The summed E-state index contributed by atoms with van der Waals surface area (Å²) in [6.07, 6.45) is 8.86. The number of allylic oxidation sites excluding steroid dienone is 1. The van der Waals surface area contributed by atoms with Gasteiger partial charge < -0.3 is 24.7 Å². The Balaban J connectivity index is 1.30. The smallest absolute Gasteiger partial charge is 0.331 e. The average molecular weight is 516 g/mol. The highest BCUT2D eigenvalue weighted by Gasteiger charge is 2.86. The molecular formula is C31H33NO6. The van der Waals surface area contributed by atoms with E-state index in [2.05, 4.69) is 37.6 Å². The first-order chi connectivity index (χ1) is 18.1. The molecule has 3 heterocycles. The molecule has 2 saturated heterocycles. The fourth-order valence-corrected chi connectivity index (χ4v) is 9.12. The molecule has 198 valence electrons. The number of ether oxygens (including phenoxy) is 2. The fourth-order valence-electron chi connectivity index (χ4n) is 9.12. The Kier molecular flexibility index (Phi) is 4.79. The second-order valence-corrected chi connectivity index (χ2v) is 12.6. The van der Waals surface area contributed by atoms with Gasteiger partial charge in [-0.2, -0.15) is 0 Å². The van der Waals surface area contributed by atoms with Crippen LogP contribution < -0.4 is 0 Å². The minimum absolute atomic E-state index is 0.212. The lowest BCUT2D eigenvalue weighted by Gasteiger charge is -2.72. The van der Waals surface area contributed by atoms with Gasteiger partial charge in [0.1, 0.15) is 17.6 Å². The van der Waals surface area contributed by atoms with E-state index in [0.717, 1.165) is 22.9 Å². The lowest BCUT2D eigenvalue weighted by Crippen LogP contribution is -2.83. The van der Waals surface area contributed by atoms with Crippen molar-refractivity contribution in [1.82, 2.24) is 4.98 Å². The minimum atomic E-state index is -2.17. The molecule has 2 spiro atoms. The van der Waals surface area contributed by atoms with Crippen molar-refractivity contribution in [2.24, 2.45) is 34.0 Å². The van der Waals surface area contributed by atoms with E-state index in [1.54, 1.807) is 6.08 Å². The maximum Gasteiger partial charge on any atom is 0.331 e. The maximum absolute atomic E-state index is 14.1. The number of Topliss-reactive ketones (excluding diaryl/α,β-unsaturated/α-hetero) is 1.